The number of ketones is 2. The highest BCUT2D eigenvalue weighted by Crippen LogP contribution is 2.88. The van der Waals surface area contributed by atoms with Crippen LogP contribution in [0.15, 0.2) is 12.7 Å². The van der Waals surface area contributed by atoms with E-state index < -0.39 is 44.9 Å². The van der Waals surface area contributed by atoms with Gasteiger partial charge >= 0.3 is 10.2 Å². The molecule has 0 aromatic rings. The van der Waals surface area contributed by atoms with Crippen LogP contribution in [0.5, 0.6) is 0 Å². The zero-order chi connectivity index (χ0) is 42.8. The summed E-state index contributed by atoms with van der Waals surface area (Å²) in [5.41, 5.74) is -2.26. The van der Waals surface area contributed by atoms with Crippen molar-refractivity contribution in [1.82, 2.24) is 24.1 Å². The van der Waals surface area contributed by atoms with Gasteiger partial charge in [-0.2, -0.15) is 12.7 Å². The molecule has 0 aromatic carbocycles. The molecule has 0 unspecified atom stereocenters. The van der Waals surface area contributed by atoms with Crippen molar-refractivity contribution in [2.24, 2.45) is 44.8 Å². The quantitative estimate of drug-likeness (QED) is 0.197. The van der Waals surface area contributed by atoms with E-state index in [2.05, 4.69) is 49.2 Å². The number of Topliss-reactive ketones (excluding diaryl/α,β-unsaturated/α-hetero) is 2. The molecule has 12 nitrogen and oxygen atoms in total. The number of allylic oxidation sites excluding steroid dienone is 1. The molecular weight excluding hydrogens is 755 g/mol. The summed E-state index contributed by atoms with van der Waals surface area (Å²) in [6.07, 6.45) is 12.9. The van der Waals surface area contributed by atoms with E-state index >= 15 is 4.79 Å². The summed E-state index contributed by atoms with van der Waals surface area (Å²) in [5.74, 6) is -2.56. The second-order valence-electron chi connectivity index (χ2n) is 21.2. The SMILES string of the molecule is C=C[C@@H]1C[C@]1(CC(=O)[C@@H]1C[C@@]2(CN1C(=O)[C@@H](CC(=O)[C@@H](NC(=O)[C@@H]1CCCCN1C(C)C)C1CCCCC1)C(C)(C)C)C(C)(C)C21CCC1)C(=O)NS(=O)(=O)N(C)C. The van der Waals surface area contributed by atoms with Crippen molar-refractivity contribution in [3.05, 3.63) is 12.7 Å². The molecule has 6 rings (SSSR count). The second kappa shape index (κ2) is 16.0. The van der Waals surface area contributed by atoms with E-state index in [4.69, 9.17) is 0 Å². The van der Waals surface area contributed by atoms with Gasteiger partial charge in [0.05, 0.1) is 23.5 Å². The number of nitrogens with one attached hydrogen (secondary N) is 2. The number of rotatable bonds is 15. The number of carbonyl (C=O) groups excluding carboxylic acids is 5. The molecule has 2 aliphatic heterocycles. The number of hydrogen-bond acceptors (Lipinski definition) is 8. The van der Waals surface area contributed by atoms with Crippen LogP contribution in [0.4, 0.5) is 0 Å². The Morgan fingerprint density at radius 3 is 2.05 bits per heavy atom. The monoisotopic (exact) mass is 828 g/mol. The normalized spacial score (nSPS) is 31.8. The van der Waals surface area contributed by atoms with Crippen LogP contribution < -0.4 is 10.0 Å². The number of piperidine rings is 1. The highest BCUT2D eigenvalue weighted by Gasteiger charge is 2.85. The van der Waals surface area contributed by atoms with E-state index in [1.807, 2.05) is 20.8 Å². The summed E-state index contributed by atoms with van der Waals surface area (Å²) in [6, 6.07) is -1.58. The third kappa shape index (κ3) is 7.64. The summed E-state index contributed by atoms with van der Waals surface area (Å²) >= 11 is 0. The van der Waals surface area contributed by atoms with Crippen LogP contribution in [0, 0.1) is 44.8 Å². The van der Waals surface area contributed by atoms with Crippen LogP contribution in [-0.2, 0) is 34.2 Å². The van der Waals surface area contributed by atoms with Gasteiger partial charge in [-0.3, -0.25) is 28.9 Å². The molecule has 6 aliphatic rings. The van der Waals surface area contributed by atoms with Crippen LogP contribution in [0.1, 0.15) is 145 Å². The van der Waals surface area contributed by atoms with Gasteiger partial charge in [-0.25, -0.2) is 4.72 Å². The van der Waals surface area contributed by atoms with Gasteiger partial charge in [0, 0.05) is 50.9 Å². The maximum atomic E-state index is 15.3. The predicted octanol–water partition coefficient (Wildman–Crippen LogP) is 5.81. The van der Waals surface area contributed by atoms with Crippen LogP contribution in [0.3, 0.4) is 0 Å². The minimum absolute atomic E-state index is 0.00197. The average molecular weight is 828 g/mol. The lowest BCUT2D eigenvalue weighted by atomic mass is 9.73. The van der Waals surface area contributed by atoms with E-state index in [0.717, 1.165) is 81.5 Å². The van der Waals surface area contributed by atoms with Crippen molar-refractivity contribution in [3.63, 3.8) is 0 Å². The lowest BCUT2D eigenvalue weighted by molar-refractivity contribution is -0.147. The third-order valence-corrected chi connectivity index (χ3v) is 18.0. The molecule has 0 aromatic heterocycles. The third-order valence-electron chi connectivity index (χ3n) is 16.6. The summed E-state index contributed by atoms with van der Waals surface area (Å²) in [7, 11) is -1.43. The Bertz CT molecular complexity index is 1760. The highest BCUT2D eigenvalue weighted by atomic mass is 32.2. The minimum atomic E-state index is -4.10. The summed E-state index contributed by atoms with van der Waals surface area (Å²) in [6.45, 7) is 19.8. The molecule has 13 heteroatoms. The molecule has 4 aliphatic carbocycles. The van der Waals surface area contributed by atoms with Crippen molar-refractivity contribution in [1.29, 1.82) is 0 Å². The van der Waals surface area contributed by atoms with Gasteiger partial charge in [0.15, 0.2) is 11.6 Å². The molecule has 6 fully saturated rings. The van der Waals surface area contributed by atoms with E-state index in [1.54, 1.807) is 11.0 Å². The lowest BCUT2D eigenvalue weighted by Gasteiger charge is -2.40. The number of likely N-dealkylation sites (tertiary alicyclic amines) is 2. The first-order valence-electron chi connectivity index (χ1n) is 22.3. The second-order valence-corrected chi connectivity index (χ2v) is 23.1. The standard InChI is InChI=1S/C45H73N5O7S/c1-11-31-25-43(31,40(55)47-58(56,57)48(9)10)27-36(52)34-26-45(42(7,8)44(45)21-17-22-44)28-50(34)39(54)32(41(4,5)6)24-35(51)37(30-18-13-12-14-19-30)46-38(53)33-20-15-16-23-49(33)29(2)3/h11,29-34,37H,1,12-28H2,2-10H3,(H,46,53)(H,47,55)/t31-,32-,33+,34+,37+,43-,45-/m1/s1. The highest BCUT2D eigenvalue weighted by molar-refractivity contribution is 7.87. The van der Waals surface area contributed by atoms with Gasteiger partial charge in [0.25, 0.3) is 0 Å². The molecular formula is C45H73N5O7S. The van der Waals surface area contributed by atoms with Crippen molar-refractivity contribution in [2.75, 3.05) is 27.2 Å². The molecule has 326 valence electrons. The molecule has 58 heavy (non-hydrogen) atoms. The van der Waals surface area contributed by atoms with E-state index in [9.17, 15) is 27.6 Å². The van der Waals surface area contributed by atoms with E-state index in [1.165, 1.54) is 14.1 Å². The summed E-state index contributed by atoms with van der Waals surface area (Å²) in [4.78, 5) is 76.7. The molecule has 2 N–H and O–H groups in total. The van der Waals surface area contributed by atoms with Crippen LogP contribution in [0.2, 0.25) is 0 Å². The van der Waals surface area contributed by atoms with Crippen molar-refractivity contribution < 1.29 is 32.4 Å². The van der Waals surface area contributed by atoms with Gasteiger partial charge in [-0.15, -0.1) is 6.58 Å². The lowest BCUT2D eigenvalue weighted by Crippen LogP contribution is -2.57. The van der Waals surface area contributed by atoms with Gasteiger partial charge in [0.2, 0.25) is 17.7 Å². The smallest absolute Gasteiger partial charge is 0.303 e. The fraction of sp³-hybridized carbons (Fsp3) is 0.844. The summed E-state index contributed by atoms with van der Waals surface area (Å²) < 4.78 is 28.6. The molecule has 3 amide bonds. The molecule has 0 bridgehead atoms. The van der Waals surface area contributed by atoms with Crippen LogP contribution in [-0.4, -0.2) is 103 Å². The maximum absolute atomic E-state index is 15.3. The molecule has 2 spiro atoms. The van der Waals surface area contributed by atoms with E-state index in [0.29, 0.717) is 19.4 Å². The Morgan fingerprint density at radius 2 is 1.53 bits per heavy atom. The number of amides is 3. The zero-order valence-corrected chi connectivity index (χ0v) is 37.8. The Hall–Kier alpha value is -2.64. The maximum Gasteiger partial charge on any atom is 0.303 e. The van der Waals surface area contributed by atoms with E-state index in [-0.39, 0.29) is 76.4 Å². The molecule has 2 heterocycles. The van der Waals surface area contributed by atoms with Crippen molar-refractivity contribution in [3.8, 4) is 0 Å². The number of fused-ring (bicyclic) bond motifs is 1. The Kier molecular flexibility index (Phi) is 12.4. The Labute approximate surface area is 348 Å². The van der Waals surface area contributed by atoms with Gasteiger partial charge in [-0.1, -0.05) is 72.8 Å². The molecule has 2 saturated heterocycles. The molecule has 0 radical (unpaired) electrons. The summed E-state index contributed by atoms with van der Waals surface area (Å²) in [5, 5.41) is 3.27. The topological polar surface area (TPSA) is 153 Å². The zero-order valence-electron chi connectivity index (χ0n) is 37.0. The first kappa shape index (κ1) is 44.9. The first-order valence-corrected chi connectivity index (χ1v) is 23.7. The number of nitrogens with zero attached hydrogens (tertiary/aromatic N) is 3. The van der Waals surface area contributed by atoms with Crippen molar-refractivity contribution in [2.45, 2.75) is 169 Å². The predicted molar refractivity (Wildman–Crippen MR) is 224 cm³/mol. The van der Waals surface area contributed by atoms with Crippen LogP contribution in [0.25, 0.3) is 0 Å². The van der Waals surface area contributed by atoms with Gasteiger partial charge < -0.3 is 10.2 Å². The van der Waals surface area contributed by atoms with Gasteiger partial charge in [0.1, 0.15) is 0 Å². The Balaban J connectivity index is 1.29. The fourth-order valence-electron chi connectivity index (χ4n) is 12.4. The molecule has 4 saturated carbocycles. The average Bonchev–Trinajstić information content (AvgIpc) is 3.87. The van der Waals surface area contributed by atoms with Crippen LogP contribution >= 0.6 is 0 Å². The largest absolute Gasteiger partial charge is 0.345 e. The Morgan fingerprint density at radius 1 is 0.897 bits per heavy atom. The van der Waals surface area contributed by atoms with Crippen molar-refractivity contribution >= 4 is 39.5 Å². The molecule has 7 atom stereocenters. The fourth-order valence-corrected chi connectivity index (χ4v) is 13.0. The minimum Gasteiger partial charge on any atom is -0.345 e. The number of carbonyl (C=O) groups is 5. The first-order chi connectivity index (χ1) is 27.0. The van der Waals surface area contributed by atoms with Gasteiger partial charge in [-0.05, 0) is 99.8 Å². The number of hydrogen-bond donors (Lipinski definition) is 2.